The first-order valence-electron chi connectivity index (χ1n) is 8.47. The lowest BCUT2D eigenvalue weighted by Gasteiger charge is -2.10. The summed E-state index contributed by atoms with van der Waals surface area (Å²) in [5, 5.41) is 22.9. The number of benzene rings is 1. The number of nitrogens with zero attached hydrogens (tertiary/aromatic N) is 4. The van der Waals surface area contributed by atoms with Gasteiger partial charge in [-0.15, -0.1) is 10.2 Å². The molecule has 0 bridgehead atoms. The molecule has 0 spiro atoms. The van der Waals surface area contributed by atoms with E-state index in [4.69, 9.17) is 0 Å². The maximum Gasteiger partial charge on any atom is 0.293 e. The fraction of sp³-hybridized carbons (Fsp3) is 0.471. The fourth-order valence-corrected chi connectivity index (χ4v) is 3.53. The van der Waals surface area contributed by atoms with E-state index in [-0.39, 0.29) is 23.0 Å². The summed E-state index contributed by atoms with van der Waals surface area (Å²) in [6, 6.07) is 3.26. The third-order valence-electron chi connectivity index (χ3n) is 3.84. The van der Waals surface area contributed by atoms with E-state index in [2.05, 4.69) is 22.4 Å². The van der Waals surface area contributed by atoms with E-state index in [0.29, 0.717) is 10.7 Å². The Balaban J connectivity index is 2.10. The molecular weight excluding hydrogens is 354 g/mol. The summed E-state index contributed by atoms with van der Waals surface area (Å²) in [5.41, 5.74) is 1.59. The molecule has 0 aliphatic heterocycles. The van der Waals surface area contributed by atoms with Gasteiger partial charge in [-0.25, -0.2) is 0 Å². The van der Waals surface area contributed by atoms with E-state index in [1.54, 1.807) is 19.9 Å². The quantitative estimate of drug-likeness (QED) is 0.429. The van der Waals surface area contributed by atoms with Crippen molar-refractivity contribution in [2.24, 2.45) is 0 Å². The number of rotatable bonds is 8. The Morgan fingerprint density at radius 1 is 1.31 bits per heavy atom. The van der Waals surface area contributed by atoms with Crippen molar-refractivity contribution in [3.63, 3.8) is 0 Å². The van der Waals surface area contributed by atoms with Crippen molar-refractivity contribution >= 4 is 29.0 Å². The van der Waals surface area contributed by atoms with Crippen LogP contribution in [0.1, 0.15) is 37.2 Å². The van der Waals surface area contributed by atoms with E-state index >= 15 is 0 Å². The summed E-state index contributed by atoms with van der Waals surface area (Å²) in [7, 11) is 0. The minimum atomic E-state index is -0.479. The van der Waals surface area contributed by atoms with Crippen LogP contribution in [0.2, 0.25) is 0 Å². The summed E-state index contributed by atoms with van der Waals surface area (Å²) in [4.78, 5) is 23.1. The number of hydrogen-bond acceptors (Lipinski definition) is 6. The average molecular weight is 377 g/mol. The molecule has 1 aromatic carbocycles. The highest BCUT2D eigenvalue weighted by Crippen LogP contribution is 2.30. The Hall–Kier alpha value is -2.42. The maximum absolute atomic E-state index is 12.3. The number of nitro groups is 1. The van der Waals surface area contributed by atoms with Crippen LogP contribution in [0.4, 0.5) is 11.4 Å². The molecule has 0 saturated carbocycles. The van der Waals surface area contributed by atoms with Crippen LogP contribution in [0.25, 0.3) is 0 Å². The number of amides is 1. The van der Waals surface area contributed by atoms with Crippen molar-refractivity contribution in [1.82, 2.24) is 14.8 Å². The largest absolute Gasteiger partial charge is 0.319 e. The minimum absolute atomic E-state index is 0.0946. The Morgan fingerprint density at radius 2 is 2.04 bits per heavy atom. The molecule has 2 rings (SSSR count). The summed E-state index contributed by atoms with van der Waals surface area (Å²) in [5.74, 6) is 0.699. The summed E-state index contributed by atoms with van der Waals surface area (Å²) < 4.78 is 1.99. The number of carbonyl (C=O) groups excluding carboxylic acids is 1. The van der Waals surface area contributed by atoms with Gasteiger partial charge in [-0.2, -0.15) is 0 Å². The van der Waals surface area contributed by atoms with Crippen molar-refractivity contribution < 1.29 is 9.72 Å². The molecule has 1 N–H and O–H groups in total. The van der Waals surface area contributed by atoms with Crippen molar-refractivity contribution in [2.45, 2.75) is 52.2 Å². The van der Waals surface area contributed by atoms with Crippen LogP contribution >= 0.6 is 11.8 Å². The van der Waals surface area contributed by atoms with Crippen LogP contribution in [-0.2, 0) is 17.8 Å². The highest BCUT2D eigenvalue weighted by atomic mass is 32.2. The molecule has 1 heterocycles. The minimum Gasteiger partial charge on any atom is -0.319 e. The van der Waals surface area contributed by atoms with Crippen molar-refractivity contribution in [1.29, 1.82) is 0 Å². The molecule has 140 valence electrons. The number of anilines is 1. The van der Waals surface area contributed by atoms with Gasteiger partial charge in [-0.1, -0.05) is 24.8 Å². The maximum atomic E-state index is 12.3. The molecule has 0 aliphatic rings. The van der Waals surface area contributed by atoms with Gasteiger partial charge in [0.05, 0.1) is 10.7 Å². The van der Waals surface area contributed by atoms with Gasteiger partial charge in [0.2, 0.25) is 5.91 Å². The van der Waals surface area contributed by atoms with Gasteiger partial charge in [0.15, 0.2) is 5.16 Å². The summed E-state index contributed by atoms with van der Waals surface area (Å²) in [6.07, 6.45) is 1.81. The smallest absolute Gasteiger partial charge is 0.293 e. The number of aryl methyl sites for hydroxylation is 3. The molecule has 0 fully saturated rings. The topological polar surface area (TPSA) is 103 Å². The summed E-state index contributed by atoms with van der Waals surface area (Å²) in [6.45, 7) is 8.34. The number of hydrogen-bond donors (Lipinski definition) is 1. The Bertz CT molecular complexity index is 819. The van der Waals surface area contributed by atoms with Crippen molar-refractivity contribution in [2.75, 3.05) is 11.1 Å². The zero-order chi connectivity index (χ0) is 19.3. The normalized spacial score (nSPS) is 10.8. The van der Waals surface area contributed by atoms with Crippen molar-refractivity contribution in [3.8, 4) is 0 Å². The Kier molecular flexibility index (Phi) is 6.73. The first kappa shape index (κ1) is 19.9. The molecule has 0 aliphatic carbocycles. The first-order valence-corrected chi connectivity index (χ1v) is 9.46. The van der Waals surface area contributed by atoms with Gasteiger partial charge in [-0.05, 0) is 38.3 Å². The van der Waals surface area contributed by atoms with Crippen LogP contribution in [0.5, 0.6) is 0 Å². The lowest BCUT2D eigenvalue weighted by Crippen LogP contribution is -2.16. The van der Waals surface area contributed by atoms with E-state index in [9.17, 15) is 14.9 Å². The zero-order valence-corrected chi connectivity index (χ0v) is 16.2. The van der Waals surface area contributed by atoms with Gasteiger partial charge >= 0.3 is 0 Å². The molecule has 2 aromatic rings. The number of thioether (sulfide) groups is 1. The van der Waals surface area contributed by atoms with E-state index in [1.807, 2.05) is 11.5 Å². The number of aromatic nitrogens is 3. The number of nitrogens with one attached hydrogen (secondary N) is 1. The Labute approximate surface area is 156 Å². The van der Waals surface area contributed by atoms with Crippen LogP contribution in [-0.4, -0.2) is 31.3 Å². The standard InChI is InChI=1S/C17H23N5O3S/c1-5-7-14-19-20-17(21(14)6-2)26-10-15(23)18-16-12(4)8-11(3)9-13(16)22(24)25/h8-9H,5-7,10H2,1-4H3,(H,18,23). The van der Waals surface area contributed by atoms with Crippen LogP contribution in [0.3, 0.4) is 0 Å². The number of carbonyl (C=O) groups is 1. The number of nitro benzene ring substituents is 1. The van der Waals surface area contributed by atoms with Gasteiger partial charge < -0.3 is 9.88 Å². The van der Waals surface area contributed by atoms with E-state index < -0.39 is 4.92 Å². The second-order valence-corrected chi connectivity index (χ2v) is 6.91. The fourth-order valence-electron chi connectivity index (χ4n) is 2.71. The monoisotopic (exact) mass is 377 g/mol. The van der Waals surface area contributed by atoms with Gasteiger partial charge in [-0.3, -0.25) is 14.9 Å². The Morgan fingerprint density at radius 3 is 2.65 bits per heavy atom. The molecule has 1 amide bonds. The molecular formula is C17H23N5O3S. The van der Waals surface area contributed by atoms with Gasteiger partial charge in [0.25, 0.3) is 5.69 Å². The molecule has 0 unspecified atom stereocenters. The van der Waals surface area contributed by atoms with Crippen LogP contribution < -0.4 is 5.32 Å². The lowest BCUT2D eigenvalue weighted by atomic mass is 10.1. The zero-order valence-electron chi connectivity index (χ0n) is 15.4. The molecule has 0 atom stereocenters. The predicted molar refractivity (Wildman–Crippen MR) is 102 cm³/mol. The van der Waals surface area contributed by atoms with Gasteiger partial charge in [0, 0.05) is 19.0 Å². The van der Waals surface area contributed by atoms with E-state index in [0.717, 1.165) is 30.8 Å². The second-order valence-electron chi connectivity index (χ2n) is 5.96. The van der Waals surface area contributed by atoms with E-state index in [1.165, 1.54) is 17.8 Å². The molecule has 0 radical (unpaired) electrons. The molecule has 9 heteroatoms. The second kappa shape index (κ2) is 8.79. The summed E-state index contributed by atoms with van der Waals surface area (Å²) >= 11 is 1.28. The molecule has 8 nitrogen and oxygen atoms in total. The molecule has 1 aromatic heterocycles. The van der Waals surface area contributed by atoms with Crippen LogP contribution in [0.15, 0.2) is 17.3 Å². The van der Waals surface area contributed by atoms with Crippen molar-refractivity contribution in [3.05, 3.63) is 39.2 Å². The predicted octanol–water partition coefficient (Wildman–Crippen LogP) is 3.51. The third-order valence-corrected chi connectivity index (χ3v) is 4.80. The average Bonchev–Trinajstić information content (AvgIpc) is 2.97. The highest BCUT2D eigenvalue weighted by Gasteiger charge is 2.20. The molecule has 0 saturated heterocycles. The first-order chi connectivity index (χ1) is 12.4. The van der Waals surface area contributed by atoms with Gasteiger partial charge in [0.1, 0.15) is 11.5 Å². The highest BCUT2D eigenvalue weighted by molar-refractivity contribution is 7.99. The lowest BCUT2D eigenvalue weighted by molar-refractivity contribution is -0.384. The third kappa shape index (κ3) is 4.60. The molecule has 26 heavy (non-hydrogen) atoms. The SMILES string of the molecule is CCCc1nnc(SCC(=O)Nc2c(C)cc(C)cc2[N+](=O)[O-])n1CC. The van der Waals surface area contributed by atoms with Crippen LogP contribution in [0, 0.1) is 24.0 Å².